The summed E-state index contributed by atoms with van der Waals surface area (Å²) in [7, 11) is 0. The third-order valence-electron chi connectivity index (χ3n) is 2.16. The Morgan fingerprint density at radius 3 is 2.53 bits per heavy atom. The molecule has 2 rings (SSSR count). The van der Waals surface area contributed by atoms with Gasteiger partial charge in [0.15, 0.2) is 0 Å². The van der Waals surface area contributed by atoms with Gasteiger partial charge in [0.25, 0.3) is 0 Å². The number of nitrogens with one attached hydrogen (secondary N) is 1. The highest BCUT2D eigenvalue weighted by Gasteiger charge is 2.06. The lowest BCUT2D eigenvalue weighted by Crippen LogP contribution is -2.13. The van der Waals surface area contributed by atoms with E-state index in [1.165, 1.54) is 6.33 Å². The fraction of sp³-hybridized carbons (Fsp3) is 0. The molecule has 3 N–H and O–H groups in total. The standard InChI is InChI=1S/C11H8Cl2N4/c12-7-2-1-6(3-8(7)13)9-4-10(11(14)15)17-5-16-9/h1-5H,(H3,14,15). The van der Waals surface area contributed by atoms with Crippen LogP contribution in [-0.4, -0.2) is 15.8 Å². The summed E-state index contributed by atoms with van der Waals surface area (Å²) in [5.41, 5.74) is 7.17. The van der Waals surface area contributed by atoms with Crippen LogP contribution in [0.15, 0.2) is 30.6 Å². The fourth-order valence-corrected chi connectivity index (χ4v) is 1.62. The number of aromatic nitrogens is 2. The molecule has 86 valence electrons. The van der Waals surface area contributed by atoms with E-state index in [1.807, 2.05) is 0 Å². The zero-order valence-electron chi connectivity index (χ0n) is 8.61. The first-order valence-electron chi connectivity index (χ1n) is 4.70. The Labute approximate surface area is 108 Å². The van der Waals surface area contributed by atoms with Gasteiger partial charge in [-0.25, -0.2) is 9.97 Å². The van der Waals surface area contributed by atoms with Gasteiger partial charge in [0, 0.05) is 5.56 Å². The van der Waals surface area contributed by atoms with E-state index < -0.39 is 0 Å². The van der Waals surface area contributed by atoms with Gasteiger partial charge in [-0.1, -0.05) is 29.3 Å². The van der Waals surface area contributed by atoms with Gasteiger partial charge in [-0.3, -0.25) is 5.41 Å². The summed E-state index contributed by atoms with van der Waals surface area (Å²) in [6.07, 6.45) is 1.36. The second kappa shape index (κ2) is 4.69. The molecule has 0 radical (unpaired) electrons. The summed E-state index contributed by atoms with van der Waals surface area (Å²) in [4.78, 5) is 7.98. The van der Waals surface area contributed by atoms with Crippen LogP contribution < -0.4 is 5.73 Å². The van der Waals surface area contributed by atoms with E-state index in [1.54, 1.807) is 24.3 Å². The normalized spacial score (nSPS) is 10.2. The van der Waals surface area contributed by atoms with Crippen LogP contribution in [0.2, 0.25) is 10.0 Å². The maximum atomic E-state index is 7.31. The van der Waals surface area contributed by atoms with Crippen molar-refractivity contribution in [3.05, 3.63) is 46.3 Å². The van der Waals surface area contributed by atoms with Crippen LogP contribution in [0.25, 0.3) is 11.3 Å². The van der Waals surface area contributed by atoms with Crippen molar-refractivity contribution in [1.29, 1.82) is 5.41 Å². The van der Waals surface area contributed by atoms with E-state index >= 15 is 0 Å². The number of hydrogen-bond donors (Lipinski definition) is 2. The zero-order valence-corrected chi connectivity index (χ0v) is 10.1. The maximum Gasteiger partial charge on any atom is 0.141 e. The molecular weight excluding hydrogens is 259 g/mol. The quantitative estimate of drug-likeness (QED) is 0.648. The first-order chi connectivity index (χ1) is 8.08. The number of hydrogen-bond acceptors (Lipinski definition) is 3. The number of nitrogens with two attached hydrogens (primary N) is 1. The lowest BCUT2D eigenvalue weighted by Gasteiger charge is -2.04. The Morgan fingerprint density at radius 1 is 1.12 bits per heavy atom. The second-order valence-corrected chi connectivity index (χ2v) is 4.15. The average Bonchev–Trinajstić information content (AvgIpc) is 2.33. The van der Waals surface area contributed by atoms with Crippen molar-refractivity contribution in [1.82, 2.24) is 9.97 Å². The summed E-state index contributed by atoms with van der Waals surface area (Å²) in [5.74, 6) is -0.103. The van der Waals surface area contributed by atoms with Gasteiger partial charge in [0.1, 0.15) is 17.9 Å². The van der Waals surface area contributed by atoms with Crippen molar-refractivity contribution in [3.63, 3.8) is 0 Å². The van der Waals surface area contributed by atoms with Crippen molar-refractivity contribution in [2.45, 2.75) is 0 Å². The molecule has 0 aliphatic heterocycles. The summed E-state index contributed by atoms with van der Waals surface area (Å²) in [6.45, 7) is 0. The number of benzene rings is 1. The molecule has 1 aromatic carbocycles. The highest BCUT2D eigenvalue weighted by molar-refractivity contribution is 6.42. The lowest BCUT2D eigenvalue weighted by atomic mass is 10.1. The zero-order chi connectivity index (χ0) is 12.4. The molecule has 0 bridgehead atoms. The maximum absolute atomic E-state index is 7.31. The molecular formula is C11H8Cl2N4. The lowest BCUT2D eigenvalue weighted by molar-refractivity contribution is 1.14. The molecule has 0 aliphatic rings. The second-order valence-electron chi connectivity index (χ2n) is 3.33. The first-order valence-corrected chi connectivity index (χ1v) is 5.45. The van der Waals surface area contributed by atoms with E-state index in [-0.39, 0.29) is 5.84 Å². The monoisotopic (exact) mass is 266 g/mol. The minimum Gasteiger partial charge on any atom is -0.382 e. The van der Waals surface area contributed by atoms with Crippen LogP contribution in [0.5, 0.6) is 0 Å². The van der Waals surface area contributed by atoms with E-state index in [4.69, 9.17) is 34.3 Å². The number of rotatable bonds is 2. The number of nitrogen functional groups attached to an aromatic ring is 1. The summed E-state index contributed by atoms with van der Waals surface area (Å²) in [5, 5.41) is 8.24. The Bertz CT molecular complexity index is 583. The highest BCUT2D eigenvalue weighted by Crippen LogP contribution is 2.27. The van der Waals surface area contributed by atoms with Crippen molar-refractivity contribution in [3.8, 4) is 11.3 Å². The van der Waals surface area contributed by atoms with Crippen molar-refractivity contribution in [2.24, 2.45) is 5.73 Å². The molecule has 2 aromatic rings. The van der Waals surface area contributed by atoms with Crippen molar-refractivity contribution in [2.75, 3.05) is 0 Å². The number of amidine groups is 1. The summed E-state index contributed by atoms with van der Waals surface area (Å²) >= 11 is 11.8. The van der Waals surface area contributed by atoms with Crippen LogP contribution in [0.4, 0.5) is 0 Å². The van der Waals surface area contributed by atoms with Crippen LogP contribution in [0.1, 0.15) is 5.69 Å². The molecule has 0 unspecified atom stereocenters. The molecule has 1 aromatic heterocycles. The molecule has 0 saturated heterocycles. The molecule has 0 aliphatic carbocycles. The topological polar surface area (TPSA) is 75.7 Å². The van der Waals surface area contributed by atoms with E-state index in [0.717, 1.165) is 5.56 Å². The van der Waals surface area contributed by atoms with Gasteiger partial charge in [-0.2, -0.15) is 0 Å². The average molecular weight is 267 g/mol. The Hall–Kier alpha value is -1.65. The highest BCUT2D eigenvalue weighted by atomic mass is 35.5. The van der Waals surface area contributed by atoms with Gasteiger partial charge in [0.2, 0.25) is 0 Å². The largest absolute Gasteiger partial charge is 0.382 e. The van der Waals surface area contributed by atoms with Crippen LogP contribution in [0, 0.1) is 5.41 Å². The molecule has 1 heterocycles. The molecule has 6 heteroatoms. The number of halogens is 2. The van der Waals surface area contributed by atoms with Crippen LogP contribution in [0.3, 0.4) is 0 Å². The summed E-state index contributed by atoms with van der Waals surface area (Å²) in [6, 6.07) is 6.81. The van der Waals surface area contributed by atoms with Gasteiger partial charge < -0.3 is 5.73 Å². The van der Waals surface area contributed by atoms with E-state index in [9.17, 15) is 0 Å². The predicted molar refractivity (Wildman–Crippen MR) is 68.5 cm³/mol. The van der Waals surface area contributed by atoms with Gasteiger partial charge in [-0.15, -0.1) is 0 Å². The molecule has 0 amide bonds. The molecule has 4 nitrogen and oxygen atoms in total. The Morgan fingerprint density at radius 2 is 1.88 bits per heavy atom. The van der Waals surface area contributed by atoms with Gasteiger partial charge in [0.05, 0.1) is 15.7 Å². The SMILES string of the molecule is N=C(N)c1cc(-c2ccc(Cl)c(Cl)c2)ncn1. The predicted octanol–water partition coefficient (Wildman–Crippen LogP) is 2.73. The Balaban J connectivity index is 2.49. The smallest absolute Gasteiger partial charge is 0.141 e. The van der Waals surface area contributed by atoms with E-state index in [0.29, 0.717) is 21.4 Å². The minimum absolute atomic E-state index is 0.103. The third kappa shape index (κ3) is 2.54. The van der Waals surface area contributed by atoms with Gasteiger partial charge in [-0.05, 0) is 18.2 Å². The third-order valence-corrected chi connectivity index (χ3v) is 2.90. The fourth-order valence-electron chi connectivity index (χ4n) is 1.32. The molecule has 0 atom stereocenters. The molecule has 17 heavy (non-hydrogen) atoms. The van der Waals surface area contributed by atoms with Crippen LogP contribution in [-0.2, 0) is 0 Å². The van der Waals surface area contributed by atoms with Crippen molar-refractivity contribution < 1.29 is 0 Å². The van der Waals surface area contributed by atoms with E-state index in [2.05, 4.69) is 9.97 Å². The minimum atomic E-state index is -0.103. The molecule has 0 spiro atoms. The number of nitrogens with zero attached hydrogens (tertiary/aromatic N) is 2. The molecule has 0 fully saturated rings. The molecule has 0 saturated carbocycles. The van der Waals surface area contributed by atoms with Crippen LogP contribution >= 0.6 is 23.2 Å². The van der Waals surface area contributed by atoms with Gasteiger partial charge >= 0.3 is 0 Å². The summed E-state index contributed by atoms with van der Waals surface area (Å²) < 4.78 is 0. The van der Waals surface area contributed by atoms with Crippen molar-refractivity contribution >= 4 is 29.0 Å². The first kappa shape index (κ1) is 11.8. The Kier molecular flexibility index (Phi) is 3.26.